The van der Waals surface area contributed by atoms with Gasteiger partial charge in [-0.1, -0.05) is 105 Å². The number of amides is 8. The molecule has 7 aromatic carbocycles. The summed E-state index contributed by atoms with van der Waals surface area (Å²) in [6, 6.07) is 7.24. The van der Waals surface area contributed by atoms with Gasteiger partial charge in [0, 0.05) is 87.5 Å². The van der Waals surface area contributed by atoms with Gasteiger partial charge < -0.3 is 147 Å². The van der Waals surface area contributed by atoms with Crippen LogP contribution in [0.2, 0.25) is 10.0 Å². The lowest BCUT2D eigenvalue weighted by Gasteiger charge is -2.43. The number of carboxylic acids is 1. The van der Waals surface area contributed by atoms with Crippen LogP contribution in [0.15, 0.2) is 115 Å². The highest BCUT2D eigenvalue weighted by molar-refractivity contribution is 7.64. The van der Waals surface area contributed by atoms with E-state index >= 15 is 33.6 Å². The van der Waals surface area contributed by atoms with Crippen LogP contribution < -0.4 is 81.2 Å². The van der Waals surface area contributed by atoms with Gasteiger partial charge in [0.15, 0.2) is 23.0 Å². The molecule has 0 radical (unpaired) electrons. The summed E-state index contributed by atoms with van der Waals surface area (Å²) in [6.45, 7) is 5.12. The van der Waals surface area contributed by atoms with Gasteiger partial charge in [0.2, 0.25) is 71.3 Å². The third-order valence-electron chi connectivity index (χ3n) is 27.1. The van der Waals surface area contributed by atoms with Gasteiger partial charge in [-0.15, -0.1) is 14.0 Å². The summed E-state index contributed by atoms with van der Waals surface area (Å²) in [6.07, 6.45) is -10.1. The highest BCUT2D eigenvalue weighted by atomic mass is 35.5. The minimum atomic E-state index is -3.22. The Balaban J connectivity index is 0.934. The molecule has 5 fully saturated rings. The number of nitrogens with one attached hydrogen (secondary N) is 9. The normalized spacial score (nSPS) is 26.5. The first kappa shape index (κ1) is 104. The van der Waals surface area contributed by atoms with Crippen LogP contribution in [0, 0.1) is 0 Å². The van der Waals surface area contributed by atoms with E-state index in [0.717, 1.165) is 132 Å². The van der Waals surface area contributed by atoms with Crippen LogP contribution in [0.4, 0.5) is 0 Å². The molecule has 41 nitrogen and oxygen atoms in total. The average Bonchev–Trinajstić information content (AvgIpc) is 1.66. The van der Waals surface area contributed by atoms with Gasteiger partial charge in [0.05, 0.1) is 22.6 Å². The molecule has 0 aliphatic carbocycles. The first-order chi connectivity index (χ1) is 68.7. The summed E-state index contributed by atoms with van der Waals surface area (Å²) >= 11 is 15.5. The molecule has 0 spiro atoms. The Bertz CT molecular complexity index is 5820. The topological polar surface area (TPSA) is 574 Å². The molecular weight excluding hydrogens is 1920 g/mol. The number of phenols is 3. The molecule has 18 atom stereocenters. The monoisotopic (exact) mass is 2040 g/mol. The maximum atomic E-state index is 17.4. The molecule has 768 valence electrons. The number of phenolic OH excluding ortho intramolecular Hbond substituents is 3. The molecule has 18 rings (SSSR count). The number of carboxylic acid groups (broad SMARTS) is 1. The van der Waals surface area contributed by atoms with Gasteiger partial charge in [-0.25, -0.2) is 0 Å². The summed E-state index contributed by atoms with van der Waals surface area (Å²) in [5.74, 6) is -16.8. The van der Waals surface area contributed by atoms with E-state index in [1.807, 2.05) is 4.90 Å². The Kier molecular flexibility index (Phi) is 33.4. The van der Waals surface area contributed by atoms with Crippen LogP contribution in [0.5, 0.6) is 69.0 Å². The Morgan fingerprint density at radius 1 is 0.545 bits per heavy atom. The number of fused-ring (bicyclic) bond motifs is 14. The van der Waals surface area contributed by atoms with Crippen molar-refractivity contribution in [1.29, 1.82) is 0 Å². The molecule has 11 aliphatic rings. The summed E-state index contributed by atoms with van der Waals surface area (Å²) in [4.78, 5) is 144. The second kappa shape index (κ2) is 45.8. The zero-order valence-electron chi connectivity index (χ0n) is 79.1. The van der Waals surface area contributed by atoms with E-state index in [1.54, 1.807) is 14.1 Å². The number of aromatic hydroxyl groups is 3. The van der Waals surface area contributed by atoms with Crippen molar-refractivity contribution in [1.82, 2.24) is 66.8 Å². The first-order valence-electron chi connectivity index (χ1n) is 48.3. The number of benzene rings is 7. The molecule has 0 saturated carbocycles. The van der Waals surface area contributed by atoms with E-state index < -0.39 is 256 Å². The van der Waals surface area contributed by atoms with Crippen molar-refractivity contribution in [2.75, 3.05) is 80.1 Å². The summed E-state index contributed by atoms with van der Waals surface area (Å²) in [7, 11) is 1.81. The quantitative estimate of drug-likeness (QED) is 0.0232. The molecule has 17 bridgehead atoms. The van der Waals surface area contributed by atoms with Crippen molar-refractivity contribution in [2.24, 2.45) is 0 Å². The Hall–Kier alpha value is -11.6. The lowest BCUT2D eigenvalue weighted by atomic mass is 9.89. The molecule has 5 saturated heterocycles. The second-order valence-corrected chi connectivity index (χ2v) is 41.1. The third kappa shape index (κ3) is 22.9. The van der Waals surface area contributed by atoms with Crippen LogP contribution >= 0.6 is 31.1 Å². The number of carbonyl (C=O) groups excluding carboxylic acids is 9. The molecule has 11 aliphatic heterocycles. The Morgan fingerprint density at radius 3 is 1.80 bits per heavy atom. The molecule has 8 amide bonds. The first-order valence-corrected chi connectivity index (χ1v) is 50.6. The van der Waals surface area contributed by atoms with Crippen LogP contribution in [0.3, 0.4) is 0 Å². The maximum Gasteiger partial charge on any atom is 0.417 e. The smallest absolute Gasteiger partial charge is 0.417 e. The molecule has 7 aromatic rings. The Morgan fingerprint density at radius 2 is 1.15 bits per heavy atom. The van der Waals surface area contributed by atoms with E-state index in [9.17, 15) is 65.8 Å². The van der Waals surface area contributed by atoms with Gasteiger partial charge in [-0.2, -0.15) is 0 Å². The highest BCUT2D eigenvalue weighted by Gasteiger charge is 2.63. The van der Waals surface area contributed by atoms with Gasteiger partial charge in [-0.3, -0.25) is 42.9 Å². The molecule has 19 N–H and O–H groups in total. The van der Waals surface area contributed by atoms with Crippen molar-refractivity contribution in [3.63, 3.8) is 0 Å². The molecule has 143 heavy (non-hydrogen) atoms. The van der Waals surface area contributed by atoms with E-state index in [1.165, 1.54) is 67.7 Å². The van der Waals surface area contributed by atoms with Crippen molar-refractivity contribution >= 4 is 84.4 Å². The van der Waals surface area contributed by atoms with Gasteiger partial charge in [0.25, 0.3) is 0 Å². The fraction of sp³-hybridized carbons (Fsp3) is 0.485. The van der Waals surface area contributed by atoms with E-state index in [0.29, 0.717) is 70.6 Å². The predicted octanol–water partition coefficient (Wildman–Crippen LogP) is 5.23. The lowest BCUT2D eigenvalue weighted by Crippen LogP contribution is -2.67. The van der Waals surface area contributed by atoms with Gasteiger partial charge >= 0.3 is 7.94 Å². The number of hydrogen-bond acceptors (Lipinski definition) is 33. The number of halogens is 2. The fourth-order valence-electron chi connectivity index (χ4n) is 19.6. The van der Waals surface area contributed by atoms with Crippen molar-refractivity contribution in [3.8, 4) is 80.1 Å². The number of likely N-dealkylation sites (N-methyl/N-ethyl adjacent to an activating group) is 1. The molecule has 44 heteroatoms. The van der Waals surface area contributed by atoms with Crippen molar-refractivity contribution in [3.05, 3.63) is 164 Å². The van der Waals surface area contributed by atoms with Gasteiger partial charge in [-0.05, 0) is 185 Å². The molecule has 0 aromatic heterocycles. The second-order valence-electron chi connectivity index (χ2n) is 37.4. The van der Waals surface area contributed by atoms with E-state index in [4.69, 9.17) is 60.9 Å². The van der Waals surface area contributed by atoms with Crippen LogP contribution in [0.25, 0.3) is 11.1 Å². The molecular formula is C99H120Cl2N13O28P. The number of ether oxygens (including phenoxy) is 7. The average molecular weight is 2040 g/mol. The van der Waals surface area contributed by atoms with Crippen molar-refractivity contribution < 1.29 is 137 Å². The number of aliphatic hydroxyl groups excluding tert-OH is 7. The summed E-state index contributed by atoms with van der Waals surface area (Å²) < 4.78 is 60.4. The number of unbranched alkanes of at least 4 members (excludes halogenated alkanes) is 7. The standard InChI is InChI=1S/C99H120Cl2N13O28P/c1-5-6-7-8-9-10-11-12-20-72(119)105-81-84(122)86(124)89(97(133)134)141-98(81)140-88-69-43-54-44-70(88)137-65-30-25-53(41-61(65)100)82(120)80-96(132)109-78(91(127)103-31-19-32-111(3)4)59-45-55(116)46-67(138-99-87(125)85(123)83(121)71(49-115)139-99)73(59)58-40-51(23-28-63(58)117)76(93(129)110-80)106-94(130)77(54)107-95(131)79-60-47-57(48-68(74(60)101)142-143(112-33-13-14-34-112,113-35-15-16-36-113)114-37-17-18-38-114)136-66-42-52(24-29-64(66)118)75(102-2)92(128)104-62(90(126)108-79)39-50-21-26-56(135-69)27-22-50/h21-30,40-48,62,71,75-87,89,98-99,102,115,120-125H,5-20,31-39,49H2,1-4H3,(H11-,103,104,105,106,107,108,109,110,116,117,118,119,126,127,128,129,130,131,132,133,134)/t62-,71-,75-,76-,77-,78-,79+,80+,81-,82-,83-,84-,85+,86+,87+,89+,98-,99+/m1/s1. The number of aliphatic carboxylic acids is 1. The number of nitrogens with zero attached hydrogens (tertiary/aromatic N) is 4. The SMILES string of the molecule is CCCCCCCCCCC(=O)N[C@H]1[C@H](Oc2c3cc4cc2Oc2ccc(cc2Cl)[C@@H](O)[C@@H]2NC(=O)[C@H](NC(=O)[C@@H]4NC(=O)[C@H]4NC(=O)[C@@H](Cc5ccc(cc5)O3)NC(=O)[C@H](NC)c3ccc(O)c(c3)Oc3cc(O[P+](N5CCCC5)(N5CCCC5)N5CCCC5)c(Cl)c4c3)c3ccc(O)c(c3)-c3c(O[C@H]4O[C@H](CO)[C@@H](O)[C@H](O)[C@@H]4O)cc(O)cc3[C@H](C(=O)NCCCN(C)C)NC2=O)O[C@H](C(=O)[O-])[C@@H](O)[C@@H]1O. The highest BCUT2D eigenvalue weighted by Crippen LogP contribution is 2.71. The van der Waals surface area contributed by atoms with Crippen molar-refractivity contribution in [2.45, 2.75) is 226 Å². The zero-order chi connectivity index (χ0) is 102. The largest absolute Gasteiger partial charge is 0.547 e. The fourth-order valence-corrected chi connectivity index (χ4v) is 24.3. The lowest BCUT2D eigenvalue weighted by molar-refractivity contribution is -0.336. The van der Waals surface area contributed by atoms with Crippen LogP contribution in [0.1, 0.15) is 185 Å². The minimum absolute atomic E-state index is 0.0815. The zero-order valence-corrected chi connectivity index (χ0v) is 81.5. The number of carbonyl (C=O) groups is 9. The number of rotatable bonds is 27. The van der Waals surface area contributed by atoms with Gasteiger partial charge in [0.1, 0.15) is 132 Å². The summed E-state index contributed by atoms with van der Waals surface area (Å²) in [5, 5.41) is 155. The molecule has 11 heterocycles. The number of aliphatic hydroxyl groups is 7. The number of hydrogen-bond donors (Lipinski definition) is 19. The predicted molar refractivity (Wildman–Crippen MR) is 513 cm³/mol. The minimum Gasteiger partial charge on any atom is -0.547 e. The third-order valence-corrected chi connectivity index (χ3v) is 31.7. The van der Waals surface area contributed by atoms with E-state index in [-0.39, 0.29) is 64.1 Å². The summed E-state index contributed by atoms with van der Waals surface area (Å²) in [5.41, 5.74) is -2.29. The molecule has 0 unspecified atom stereocenters. The van der Waals surface area contributed by atoms with Crippen LogP contribution in [-0.2, 0) is 59.0 Å². The maximum absolute atomic E-state index is 17.4. The van der Waals surface area contributed by atoms with Crippen LogP contribution in [-0.4, -0.2) is 277 Å². The van der Waals surface area contributed by atoms with E-state index in [2.05, 4.69) is 68.8 Å². The Labute approximate surface area is 834 Å².